The Morgan fingerprint density at radius 1 is 0.938 bits per heavy atom. The van der Waals surface area contributed by atoms with Crippen LogP contribution in [0.1, 0.15) is 48.0 Å². The molecule has 4 N–H and O–H groups in total. The van der Waals surface area contributed by atoms with E-state index in [9.17, 15) is 20.4 Å². The molecule has 4 heteroatoms. The minimum Gasteiger partial charge on any atom is -0.393 e. The van der Waals surface area contributed by atoms with E-state index in [-0.39, 0.29) is 0 Å². The third kappa shape index (κ3) is 2.25. The normalized spacial score (nSPS) is 18.4. The van der Waals surface area contributed by atoms with Crippen LogP contribution in [0.15, 0.2) is 0 Å². The lowest BCUT2D eigenvalue weighted by molar-refractivity contribution is -0.255. The van der Waals surface area contributed by atoms with Gasteiger partial charge in [-0.05, 0) is 41.0 Å². The average molecular weight is 234 g/mol. The second kappa shape index (κ2) is 4.61. The Bertz CT molecular complexity index is 208. The fraction of sp³-hybridized carbons (Fsp3) is 1.00. The van der Waals surface area contributed by atoms with Gasteiger partial charge >= 0.3 is 0 Å². The van der Waals surface area contributed by atoms with E-state index in [4.69, 9.17) is 0 Å². The van der Waals surface area contributed by atoms with Crippen molar-refractivity contribution in [3.05, 3.63) is 0 Å². The highest BCUT2D eigenvalue weighted by molar-refractivity contribution is 5.10. The van der Waals surface area contributed by atoms with Gasteiger partial charge < -0.3 is 20.4 Å². The van der Waals surface area contributed by atoms with Crippen molar-refractivity contribution < 1.29 is 20.4 Å². The van der Waals surface area contributed by atoms with Crippen LogP contribution in [0.4, 0.5) is 0 Å². The van der Waals surface area contributed by atoms with Crippen molar-refractivity contribution in [3.63, 3.8) is 0 Å². The van der Waals surface area contributed by atoms with Gasteiger partial charge in [-0.15, -0.1) is 0 Å². The average Bonchev–Trinajstić information content (AvgIpc) is 1.98. The van der Waals surface area contributed by atoms with Gasteiger partial charge in [-0.2, -0.15) is 0 Å². The Morgan fingerprint density at radius 2 is 1.25 bits per heavy atom. The highest BCUT2D eigenvalue weighted by atomic mass is 16.3. The highest BCUT2D eigenvalue weighted by Crippen LogP contribution is 2.48. The van der Waals surface area contributed by atoms with Crippen LogP contribution in [0.3, 0.4) is 0 Å². The number of rotatable bonds is 5. The molecule has 2 unspecified atom stereocenters. The van der Waals surface area contributed by atoms with Gasteiger partial charge in [-0.25, -0.2) is 0 Å². The van der Waals surface area contributed by atoms with Crippen LogP contribution in [-0.4, -0.2) is 43.8 Å². The standard InChI is InChI=1S/C12H26O4/c1-7-9(14)12(8(2)13,10(3,4)15)11(5,6)16/h8-9,13-16H,7H2,1-6H3. The summed E-state index contributed by atoms with van der Waals surface area (Å²) in [5.74, 6) is 0. The van der Waals surface area contributed by atoms with Crippen LogP contribution in [0.2, 0.25) is 0 Å². The molecule has 0 aliphatic carbocycles. The summed E-state index contributed by atoms with van der Waals surface area (Å²) in [4.78, 5) is 0. The van der Waals surface area contributed by atoms with Crippen molar-refractivity contribution in [3.8, 4) is 0 Å². The molecule has 0 aromatic heterocycles. The molecule has 0 heterocycles. The molecule has 0 bridgehead atoms. The minimum atomic E-state index is -1.41. The van der Waals surface area contributed by atoms with E-state index < -0.39 is 28.8 Å². The predicted molar refractivity (Wildman–Crippen MR) is 63.0 cm³/mol. The molecule has 0 fully saturated rings. The monoisotopic (exact) mass is 234 g/mol. The largest absolute Gasteiger partial charge is 0.393 e. The third-order valence-corrected chi connectivity index (χ3v) is 3.60. The molecular formula is C12H26O4. The van der Waals surface area contributed by atoms with Crippen LogP contribution >= 0.6 is 0 Å². The molecule has 0 spiro atoms. The minimum absolute atomic E-state index is 0.346. The van der Waals surface area contributed by atoms with E-state index in [2.05, 4.69) is 0 Å². The second-order valence-electron chi connectivity index (χ2n) is 5.59. The Balaban J connectivity index is 5.81. The van der Waals surface area contributed by atoms with Gasteiger partial charge in [-0.1, -0.05) is 6.92 Å². The Kier molecular flexibility index (Phi) is 4.56. The summed E-state index contributed by atoms with van der Waals surface area (Å²) in [6.07, 6.45) is -1.69. The molecule has 0 aliphatic rings. The molecule has 98 valence electrons. The van der Waals surface area contributed by atoms with E-state index in [1.165, 1.54) is 34.6 Å². The van der Waals surface area contributed by atoms with E-state index in [1.807, 2.05) is 0 Å². The number of hydrogen-bond donors (Lipinski definition) is 4. The summed E-state index contributed by atoms with van der Waals surface area (Å²) in [7, 11) is 0. The fourth-order valence-electron chi connectivity index (χ4n) is 3.19. The summed E-state index contributed by atoms with van der Waals surface area (Å²) in [6.45, 7) is 9.22. The van der Waals surface area contributed by atoms with Crippen LogP contribution < -0.4 is 0 Å². The molecule has 0 aliphatic heterocycles. The molecule has 0 aromatic carbocycles. The Labute approximate surface area is 97.9 Å². The molecule has 2 atom stereocenters. The van der Waals surface area contributed by atoms with Crippen molar-refractivity contribution in [2.24, 2.45) is 5.41 Å². The summed E-state index contributed by atoms with van der Waals surface area (Å²) < 4.78 is 0. The molecule has 0 rings (SSSR count). The summed E-state index contributed by atoms with van der Waals surface area (Å²) in [5.41, 5.74) is -4.21. The fourth-order valence-corrected chi connectivity index (χ4v) is 3.19. The predicted octanol–water partition coefficient (Wildman–Crippen LogP) is 0.666. The lowest BCUT2D eigenvalue weighted by Crippen LogP contribution is -2.68. The zero-order valence-corrected chi connectivity index (χ0v) is 11.2. The highest BCUT2D eigenvalue weighted by Gasteiger charge is 2.60. The van der Waals surface area contributed by atoms with Gasteiger partial charge in [0, 0.05) is 0 Å². The SMILES string of the molecule is CCC(O)C(C(C)O)(C(C)(C)O)C(C)(C)O. The smallest absolute Gasteiger partial charge is 0.0781 e. The molecule has 0 saturated heterocycles. The first kappa shape index (κ1) is 15.8. The first-order chi connectivity index (χ1) is 6.92. The molecule has 4 nitrogen and oxygen atoms in total. The molecule has 16 heavy (non-hydrogen) atoms. The Morgan fingerprint density at radius 3 is 1.31 bits per heavy atom. The van der Waals surface area contributed by atoms with Crippen LogP contribution in [0.5, 0.6) is 0 Å². The first-order valence-corrected chi connectivity index (χ1v) is 5.73. The van der Waals surface area contributed by atoms with E-state index in [0.29, 0.717) is 6.42 Å². The maximum atomic E-state index is 10.3. The zero-order chi connectivity index (χ0) is 13.4. The van der Waals surface area contributed by atoms with Crippen LogP contribution in [-0.2, 0) is 0 Å². The molecule has 0 amide bonds. The summed E-state index contributed by atoms with van der Waals surface area (Å²) in [5, 5.41) is 40.6. The van der Waals surface area contributed by atoms with Crippen molar-refractivity contribution in [2.45, 2.75) is 71.4 Å². The third-order valence-electron chi connectivity index (χ3n) is 3.60. The molecule has 0 aromatic rings. The van der Waals surface area contributed by atoms with Crippen molar-refractivity contribution >= 4 is 0 Å². The maximum absolute atomic E-state index is 10.3. The molecule has 0 saturated carbocycles. The maximum Gasteiger partial charge on any atom is 0.0781 e. The zero-order valence-electron chi connectivity index (χ0n) is 11.2. The topological polar surface area (TPSA) is 80.9 Å². The van der Waals surface area contributed by atoms with Crippen molar-refractivity contribution in [1.29, 1.82) is 0 Å². The molecule has 0 radical (unpaired) electrons. The van der Waals surface area contributed by atoms with Gasteiger partial charge in [0.05, 0.1) is 28.8 Å². The first-order valence-electron chi connectivity index (χ1n) is 5.73. The van der Waals surface area contributed by atoms with Gasteiger partial charge in [-0.3, -0.25) is 0 Å². The van der Waals surface area contributed by atoms with Crippen LogP contribution in [0, 0.1) is 5.41 Å². The van der Waals surface area contributed by atoms with Gasteiger partial charge in [0.1, 0.15) is 0 Å². The van der Waals surface area contributed by atoms with Gasteiger partial charge in [0.25, 0.3) is 0 Å². The quantitative estimate of drug-likeness (QED) is 0.563. The number of hydrogen-bond acceptors (Lipinski definition) is 4. The molecular weight excluding hydrogens is 208 g/mol. The van der Waals surface area contributed by atoms with Crippen molar-refractivity contribution in [1.82, 2.24) is 0 Å². The van der Waals surface area contributed by atoms with E-state index >= 15 is 0 Å². The van der Waals surface area contributed by atoms with Gasteiger partial charge in [0.15, 0.2) is 0 Å². The lowest BCUT2D eigenvalue weighted by Gasteiger charge is -2.55. The second-order valence-corrected chi connectivity index (χ2v) is 5.59. The van der Waals surface area contributed by atoms with E-state index in [1.54, 1.807) is 6.92 Å². The van der Waals surface area contributed by atoms with Crippen LogP contribution in [0.25, 0.3) is 0 Å². The summed E-state index contributed by atoms with van der Waals surface area (Å²) >= 11 is 0. The number of aliphatic hydroxyl groups excluding tert-OH is 2. The van der Waals surface area contributed by atoms with Crippen molar-refractivity contribution in [2.75, 3.05) is 0 Å². The van der Waals surface area contributed by atoms with E-state index in [0.717, 1.165) is 0 Å². The Hall–Kier alpha value is -0.160. The lowest BCUT2D eigenvalue weighted by atomic mass is 9.57. The number of aliphatic hydroxyl groups is 4. The summed E-state index contributed by atoms with van der Waals surface area (Å²) in [6, 6.07) is 0. The van der Waals surface area contributed by atoms with Gasteiger partial charge in [0.2, 0.25) is 0 Å².